The summed E-state index contributed by atoms with van der Waals surface area (Å²) < 4.78 is 0. The van der Waals surface area contributed by atoms with E-state index in [1.165, 1.54) is 24.3 Å². The third kappa shape index (κ3) is 38.7. The van der Waals surface area contributed by atoms with Gasteiger partial charge in [0.25, 0.3) is 0 Å². The van der Waals surface area contributed by atoms with Crippen LogP contribution >= 0.6 is 45.3 Å². The van der Waals surface area contributed by atoms with Crippen LogP contribution in [0.15, 0.2) is 97.2 Å². The van der Waals surface area contributed by atoms with Crippen LogP contribution in [0.1, 0.15) is 83.2 Å². The third-order valence-electron chi connectivity index (χ3n) is 9.36. The van der Waals surface area contributed by atoms with Crippen molar-refractivity contribution in [2.24, 2.45) is 0 Å². The van der Waals surface area contributed by atoms with Crippen molar-refractivity contribution in [1.29, 1.82) is 21.0 Å². The Morgan fingerprint density at radius 1 is 0.280 bits per heavy atom. The molecule has 0 saturated heterocycles. The van der Waals surface area contributed by atoms with Crippen LogP contribution in [0.3, 0.4) is 0 Å². The first-order valence-corrected chi connectivity index (χ1v) is 25.6. The number of aromatic carboxylic acids is 4. The predicted molar refractivity (Wildman–Crippen MR) is 310 cm³/mol. The van der Waals surface area contributed by atoms with Gasteiger partial charge in [0.2, 0.25) is 0 Å². The van der Waals surface area contributed by atoms with E-state index in [-0.39, 0.29) is 384 Å². The van der Waals surface area contributed by atoms with Crippen molar-refractivity contribution in [3.63, 3.8) is 0 Å². The average molecular weight is 2050 g/mol. The summed E-state index contributed by atoms with van der Waals surface area (Å²) in [4.78, 5) is 86.5. The van der Waals surface area contributed by atoms with Crippen LogP contribution in [0, 0.1) is 45.3 Å². The first-order chi connectivity index (χ1) is 42.7. The number of rotatable bonds is 24. The Labute approximate surface area is 870 Å². The fourth-order valence-electron chi connectivity index (χ4n) is 6.48. The van der Waals surface area contributed by atoms with Crippen molar-refractivity contribution in [3.05, 3.63) is 161 Å². The van der Waals surface area contributed by atoms with Gasteiger partial charge in [0.1, 0.15) is 44.3 Å². The Kier molecular flexibility index (Phi) is 64.5. The molecule has 0 aliphatic heterocycles. The van der Waals surface area contributed by atoms with Crippen molar-refractivity contribution in [2.45, 2.75) is 25.7 Å². The van der Waals surface area contributed by atoms with Gasteiger partial charge in [-0.2, -0.15) is 21.0 Å². The number of carbonyl (C=O) groups excluding carboxylic acids is 8. The molecule has 0 bridgehead atoms. The third-order valence-corrected chi connectivity index (χ3v) is 14.3. The molecule has 4 heterocycles. The van der Waals surface area contributed by atoms with Crippen molar-refractivity contribution < 1.29 is 161 Å². The summed E-state index contributed by atoms with van der Waals surface area (Å²) in [5, 5.41) is 278. The van der Waals surface area contributed by atoms with Gasteiger partial charge < -0.3 is 181 Å². The molecule has 0 amide bonds. The van der Waals surface area contributed by atoms with Crippen LogP contribution in [-0.2, 0) is 44.9 Å². The molecule has 0 aromatic carbocycles. The fourth-order valence-corrected chi connectivity index (χ4v) is 10.7. The Bertz CT molecular complexity index is 3410. The number of carboxylic acid groups (broad SMARTS) is 8. The van der Waals surface area contributed by atoms with Gasteiger partial charge in [0, 0.05) is 99.2 Å². The molecule has 0 aliphatic rings. The number of nitrogens with zero attached hydrogens (tertiary/aromatic N) is 8. The van der Waals surface area contributed by atoms with Gasteiger partial charge in [-0.3, -0.25) is 0 Å². The number of hydrogen-bond donors (Lipinski definition) is 8. The summed E-state index contributed by atoms with van der Waals surface area (Å²) >= 11 is 1.26. The molecular formula is C48H24N8O32S4Sr8. The maximum atomic E-state index is 11.1. The van der Waals surface area contributed by atoms with Crippen molar-refractivity contribution in [2.75, 3.05) is 19.6 Å². The second-order valence-corrected chi connectivity index (χ2v) is 19.5. The molecule has 0 unspecified atom stereocenters. The summed E-state index contributed by atoms with van der Waals surface area (Å²) in [6.07, 6.45) is -0.714. The predicted octanol–water partition coefficient (Wildman–Crippen LogP) is -17.0. The van der Waals surface area contributed by atoms with Gasteiger partial charge in [-0.25, -0.2) is 0 Å². The van der Waals surface area contributed by atoms with E-state index >= 15 is 0 Å². The number of aliphatic hydroxyl groups is 8. The van der Waals surface area contributed by atoms with Crippen molar-refractivity contribution >= 4 is 477 Å². The van der Waals surface area contributed by atoms with Crippen molar-refractivity contribution in [3.8, 4) is 24.3 Å². The van der Waals surface area contributed by atoms with Gasteiger partial charge in [-0.15, -0.1) is 45.3 Å². The molecule has 0 aliphatic carbocycles. The molecule has 0 radical (unpaired) electrons. The molecule has 8 N–H and O–H groups in total. The molecule has 0 fully saturated rings. The number of carbonyl (C=O) groups is 8. The van der Waals surface area contributed by atoms with E-state index in [1.807, 2.05) is 0 Å². The summed E-state index contributed by atoms with van der Waals surface area (Å²) in [5.74, 6) is -26.5. The zero-order valence-corrected chi connectivity index (χ0v) is 80.8. The normalized spacial score (nSPS) is 10.8. The van der Waals surface area contributed by atoms with Crippen LogP contribution in [0.25, 0.3) is 0 Å². The number of aliphatic carboxylic acids is 4. The number of aliphatic hydroxyl groups excluding tert-OH is 8. The molecular weight excluding hydrogens is 2030 g/mol. The maximum Gasteiger partial charge on any atom is 2.00 e. The van der Waals surface area contributed by atoms with Gasteiger partial charge >= 0.3 is 364 Å². The van der Waals surface area contributed by atoms with E-state index in [2.05, 4.69) is 0 Å². The summed E-state index contributed by atoms with van der Waals surface area (Å²) in [5.41, 5.74) is -3.76. The minimum absolute atomic E-state index is 0. The quantitative estimate of drug-likeness (QED) is 0.0238. The SMILES string of the molecule is N#Cc1c(N(C=C([O-])O)C=C([O-])O)sc(C(=O)[O-])c1CC(=O)[O-].N#Cc1c(N(C=C([O-])O)C=C([O-])O)sc(C(=O)[O-])c1CC(=O)[O-].N#Cc1c(N(C=C([O-])O)C=C([O-])O)sc(C(=O)[O-])c1CC(=O)[O-].N#Cc1c(N(C=C([O-])O)C=C([O-])O)sc(C(=O)[O-])c1CC(=O)[O-].[Sr+2].[Sr+2].[Sr+2].[Sr+2].[Sr+2].[Sr+2].[Sr+2].[Sr+2]. The number of thiophene rings is 4. The van der Waals surface area contributed by atoms with E-state index in [0.717, 1.165) is 0 Å². The minimum atomic E-state index is -1.79. The zero-order valence-electron chi connectivity index (χ0n) is 49.7. The molecule has 4 aromatic rings. The van der Waals surface area contributed by atoms with Crippen molar-refractivity contribution in [1.82, 2.24) is 0 Å². The Morgan fingerprint density at radius 2 is 0.400 bits per heavy atom. The topological polar surface area (TPSA) is 775 Å². The van der Waals surface area contributed by atoms with E-state index in [4.69, 9.17) is 61.9 Å². The average Bonchev–Trinajstić information content (AvgIpc) is 1.67. The Balaban J connectivity index is -0.000000183. The molecule has 40 nitrogen and oxygen atoms in total. The van der Waals surface area contributed by atoms with Gasteiger partial charge in [-0.05, 0) is 22.3 Å². The minimum Gasteiger partial charge on any atom is -0.628 e. The van der Waals surface area contributed by atoms with E-state index < -0.39 is 185 Å². The summed E-state index contributed by atoms with van der Waals surface area (Å²) in [6.45, 7) is 0. The zero-order chi connectivity index (χ0) is 70.9. The van der Waals surface area contributed by atoms with Crippen LogP contribution in [0.5, 0.6) is 0 Å². The van der Waals surface area contributed by atoms with Crippen LogP contribution in [0.4, 0.5) is 20.0 Å². The van der Waals surface area contributed by atoms with Crippen LogP contribution < -0.4 is 101 Å². The molecule has 4 aromatic heterocycles. The second kappa shape index (κ2) is 56.6. The maximum absolute atomic E-state index is 11.1. The fraction of sp³-hybridized carbons (Fsp3) is 0.0833. The standard InChI is InChI=1S/4C12H10N2O8S.8Sr/c4*13-2-6-5(1-7(15)16)10(12(21)22)23-11(6)14(3-8(17)18)4-9(19)20;;;;;;;;/h4*3-4,17-20H,1H2,(H,15,16)(H,21,22);;;;;;;;/q;;;;8*+2/p-16. The molecule has 0 saturated carbocycles. The largest absolute Gasteiger partial charge is 2.00 e. The molecule has 4 rings (SSSR count). The molecule has 0 atom stereocenters. The van der Waals surface area contributed by atoms with Crippen LogP contribution in [-0.4, -0.2) is 452 Å². The van der Waals surface area contributed by atoms with Gasteiger partial charge in [0.15, 0.2) is 0 Å². The molecule has 52 heteroatoms. The number of anilines is 4. The summed E-state index contributed by atoms with van der Waals surface area (Å²) in [6, 6.07) is 6.13. The first kappa shape index (κ1) is 114. The Hall–Kier alpha value is -1.72. The van der Waals surface area contributed by atoms with Gasteiger partial charge in [0.05, 0.1) is 113 Å². The molecule has 488 valence electrons. The monoisotopic (exact) mass is 2060 g/mol. The second-order valence-electron chi connectivity index (χ2n) is 15.5. The Morgan fingerprint density at radius 3 is 0.480 bits per heavy atom. The smallest absolute Gasteiger partial charge is 0.628 e. The number of hydrogen-bond acceptors (Lipinski definition) is 44. The van der Waals surface area contributed by atoms with Gasteiger partial charge in [-0.1, -0.05) is 0 Å². The summed E-state index contributed by atoms with van der Waals surface area (Å²) in [7, 11) is 0. The van der Waals surface area contributed by atoms with E-state index in [9.17, 15) is 120 Å². The first-order valence-electron chi connectivity index (χ1n) is 22.3. The molecule has 100 heavy (non-hydrogen) atoms. The number of nitriles is 4. The van der Waals surface area contributed by atoms with E-state index in [0.29, 0.717) is 115 Å². The number of carboxylic acids is 8. The van der Waals surface area contributed by atoms with Crippen LogP contribution in [0.2, 0.25) is 0 Å². The molecule has 0 spiro atoms. The van der Waals surface area contributed by atoms with E-state index in [1.54, 1.807) is 0 Å².